The Kier molecular flexibility index (Phi) is 7.49. The lowest BCUT2D eigenvalue weighted by Crippen LogP contribution is -2.20. The van der Waals surface area contributed by atoms with Crippen LogP contribution in [0.3, 0.4) is 0 Å². The molecule has 1 aliphatic rings. The largest absolute Gasteiger partial charge is 0.486 e. The number of nitrogens with zero attached hydrogens (tertiary/aromatic N) is 2. The number of ether oxygens (including phenoxy) is 3. The summed E-state index contributed by atoms with van der Waals surface area (Å²) >= 11 is 3.03. The molecule has 168 valence electrons. The number of carbonyl (C=O) groups is 2. The Morgan fingerprint density at radius 2 is 1.88 bits per heavy atom. The van der Waals surface area contributed by atoms with Gasteiger partial charge in [-0.2, -0.15) is 4.99 Å². The smallest absolute Gasteiger partial charge is 0.307 e. The maximum Gasteiger partial charge on any atom is 0.307 e. The minimum Gasteiger partial charge on any atom is -0.486 e. The van der Waals surface area contributed by atoms with E-state index in [1.165, 1.54) is 11.3 Å². The van der Waals surface area contributed by atoms with Gasteiger partial charge in [0.1, 0.15) is 13.2 Å². The van der Waals surface area contributed by atoms with Gasteiger partial charge in [-0.3, -0.25) is 9.59 Å². The molecule has 0 spiro atoms. The van der Waals surface area contributed by atoms with Crippen molar-refractivity contribution in [3.63, 3.8) is 0 Å². The highest BCUT2D eigenvalue weighted by atomic mass is 32.2. The Hall–Kier alpha value is -2.78. The van der Waals surface area contributed by atoms with Crippen LogP contribution in [0.1, 0.15) is 19.8 Å². The molecule has 1 aliphatic heterocycles. The predicted molar refractivity (Wildman–Crippen MR) is 124 cm³/mol. The molecule has 0 saturated heterocycles. The zero-order valence-corrected chi connectivity index (χ0v) is 19.4. The van der Waals surface area contributed by atoms with Gasteiger partial charge in [-0.15, -0.1) is 11.8 Å². The normalized spacial score (nSPS) is 13.3. The molecular weight excluding hydrogens is 448 g/mol. The van der Waals surface area contributed by atoms with E-state index < -0.39 is 0 Å². The first-order chi connectivity index (χ1) is 15.6. The van der Waals surface area contributed by atoms with Crippen molar-refractivity contribution < 1.29 is 23.8 Å². The average molecular weight is 473 g/mol. The van der Waals surface area contributed by atoms with Gasteiger partial charge in [-0.1, -0.05) is 29.5 Å². The molecule has 32 heavy (non-hydrogen) atoms. The number of thioether (sulfide) groups is 1. The van der Waals surface area contributed by atoms with Crippen LogP contribution < -0.4 is 14.3 Å². The lowest BCUT2D eigenvalue weighted by Gasteiger charge is -2.18. The molecule has 3 aromatic rings. The molecule has 2 heterocycles. The van der Waals surface area contributed by atoms with E-state index >= 15 is 0 Å². The number of amides is 1. The van der Waals surface area contributed by atoms with Crippen molar-refractivity contribution in [1.29, 1.82) is 0 Å². The molecule has 0 saturated carbocycles. The molecule has 9 heteroatoms. The van der Waals surface area contributed by atoms with Crippen LogP contribution in [0, 0.1) is 0 Å². The molecule has 0 radical (unpaired) electrons. The average Bonchev–Trinajstić information content (AvgIpc) is 3.12. The standard InChI is InChI=1S/C23H24N2O5S2/c1-2-28-22(27)8-10-25-17-14-18-19(30-12-11-29-18)15-20(17)32-23(25)24-21(26)9-13-31-16-6-4-3-5-7-16/h3-7,14-15H,2,8-13H2,1H3. The van der Waals surface area contributed by atoms with Crippen LogP contribution in [-0.4, -0.2) is 42.0 Å². The molecule has 7 nitrogen and oxygen atoms in total. The van der Waals surface area contributed by atoms with Gasteiger partial charge in [-0.25, -0.2) is 0 Å². The molecule has 2 aromatic carbocycles. The third kappa shape index (κ3) is 5.52. The minimum atomic E-state index is -0.284. The molecule has 0 aliphatic carbocycles. The van der Waals surface area contributed by atoms with Crippen molar-refractivity contribution in [2.75, 3.05) is 25.6 Å². The van der Waals surface area contributed by atoms with E-state index in [2.05, 4.69) is 4.99 Å². The fraction of sp³-hybridized carbons (Fsp3) is 0.348. The monoisotopic (exact) mass is 472 g/mol. The molecule has 0 bridgehead atoms. The summed E-state index contributed by atoms with van der Waals surface area (Å²) in [5.74, 6) is 1.51. The van der Waals surface area contributed by atoms with Crippen LogP contribution in [0.15, 0.2) is 52.4 Å². The van der Waals surface area contributed by atoms with Crippen molar-refractivity contribution >= 4 is 45.2 Å². The summed E-state index contributed by atoms with van der Waals surface area (Å²) in [6.07, 6.45) is 0.522. The van der Waals surface area contributed by atoms with Crippen LogP contribution in [0.2, 0.25) is 0 Å². The van der Waals surface area contributed by atoms with Crippen LogP contribution in [0.25, 0.3) is 10.2 Å². The summed E-state index contributed by atoms with van der Waals surface area (Å²) in [4.78, 5) is 30.6. The van der Waals surface area contributed by atoms with E-state index in [9.17, 15) is 9.59 Å². The van der Waals surface area contributed by atoms with Crippen molar-refractivity contribution in [3.8, 4) is 11.5 Å². The van der Waals surface area contributed by atoms with Crippen LogP contribution in [0.5, 0.6) is 11.5 Å². The van der Waals surface area contributed by atoms with Gasteiger partial charge in [-0.05, 0) is 19.1 Å². The van der Waals surface area contributed by atoms with Crippen molar-refractivity contribution in [2.45, 2.75) is 31.2 Å². The first kappa shape index (κ1) is 22.4. The van der Waals surface area contributed by atoms with Gasteiger partial charge in [0.05, 0.1) is 23.2 Å². The third-order valence-corrected chi connectivity index (χ3v) is 6.79. The van der Waals surface area contributed by atoms with Gasteiger partial charge in [0.15, 0.2) is 16.3 Å². The van der Waals surface area contributed by atoms with Crippen molar-refractivity contribution in [3.05, 3.63) is 47.3 Å². The SMILES string of the molecule is CCOC(=O)CCn1c(=NC(=O)CCSc2ccccc2)sc2cc3c(cc21)OCCO3. The fourth-order valence-corrected chi connectivity index (χ4v) is 5.23. The number of aromatic nitrogens is 1. The predicted octanol–water partition coefficient (Wildman–Crippen LogP) is 4.04. The number of rotatable bonds is 8. The number of fused-ring (bicyclic) bond motifs is 2. The fourth-order valence-electron chi connectivity index (χ4n) is 3.28. The highest BCUT2D eigenvalue weighted by molar-refractivity contribution is 7.99. The van der Waals surface area contributed by atoms with E-state index in [4.69, 9.17) is 14.2 Å². The van der Waals surface area contributed by atoms with Crippen molar-refractivity contribution in [2.24, 2.45) is 4.99 Å². The number of benzene rings is 2. The van der Waals surface area contributed by atoms with E-state index in [1.807, 2.05) is 47.0 Å². The summed E-state index contributed by atoms with van der Waals surface area (Å²) in [5.41, 5.74) is 0.855. The van der Waals surface area contributed by atoms with Gasteiger partial charge in [0.2, 0.25) is 5.91 Å². The Labute approximate surface area is 194 Å². The Morgan fingerprint density at radius 3 is 2.62 bits per heavy atom. The quantitative estimate of drug-likeness (QED) is 0.364. The molecule has 1 aromatic heterocycles. The Bertz CT molecular complexity index is 1170. The topological polar surface area (TPSA) is 79.1 Å². The maximum atomic E-state index is 12.6. The molecule has 0 fully saturated rings. The Balaban J connectivity index is 1.58. The van der Waals surface area contributed by atoms with E-state index in [-0.39, 0.29) is 18.3 Å². The zero-order valence-electron chi connectivity index (χ0n) is 17.7. The van der Waals surface area contributed by atoms with Gasteiger partial charge in [0.25, 0.3) is 0 Å². The summed E-state index contributed by atoms with van der Waals surface area (Å²) in [6.45, 7) is 3.47. The molecular formula is C23H24N2O5S2. The summed E-state index contributed by atoms with van der Waals surface area (Å²) in [7, 11) is 0. The number of esters is 1. The summed E-state index contributed by atoms with van der Waals surface area (Å²) in [5, 5.41) is 0. The third-order valence-electron chi connectivity index (χ3n) is 4.74. The highest BCUT2D eigenvalue weighted by Gasteiger charge is 2.17. The first-order valence-electron chi connectivity index (χ1n) is 10.5. The second kappa shape index (κ2) is 10.7. The molecule has 0 N–H and O–H groups in total. The van der Waals surface area contributed by atoms with E-state index in [0.717, 1.165) is 15.1 Å². The number of thiazole rings is 1. The lowest BCUT2D eigenvalue weighted by atomic mass is 10.2. The van der Waals surface area contributed by atoms with Crippen molar-refractivity contribution in [1.82, 2.24) is 4.57 Å². The van der Waals surface area contributed by atoms with Gasteiger partial charge >= 0.3 is 5.97 Å². The highest BCUT2D eigenvalue weighted by Crippen LogP contribution is 2.35. The van der Waals surface area contributed by atoms with E-state index in [0.29, 0.717) is 54.8 Å². The second-order valence-electron chi connectivity index (χ2n) is 6.97. The van der Waals surface area contributed by atoms with E-state index in [1.54, 1.807) is 18.7 Å². The summed E-state index contributed by atoms with van der Waals surface area (Å²) < 4.78 is 19.3. The van der Waals surface area contributed by atoms with Gasteiger partial charge in [0, 0.05) is 35.7 Å². The van der Waals surface area contributed by atoms with Crippen LogP contribution in [-0.2, 0) is 20.9 Å². The number of carbonyl (C=O) groups excluding carboxylic acids is 2. The Morgan fingerprint density at radius 1 is 1.12 bits per heavy atom. The maximum absolute atomic E-state index is 12.6. The lowest BCUT2D eigenvalue weighted by molar-refractivity contribution is -0.143. The molecule has 0 atom stereocenters. The minimum absolute atomic E-state index is 0.192. The molecule has 0 unspecified atom stereocenters. The summed E-state index contributed by atoms with van der Waals surface area (Å²) in [6, 6.07) is 13.8. The van der Waals surface area contributed by atoms with Crippen LogP contribution >= 0.6 is 23.1 Å². The number of hydrogen-bond acceptors (Lipinski definition) is 7. The zero-order chi connectivity index (χ0) is 22.3. The molecule has 1 amide bonds. The number of aryl methyl sites for hydroxylation is 1. The molecule has 4 rings (SSSR count). The first-order valence-corrected chi connectivity index (χ1v) is 12.3. The van der Waals surface area contributed by atoms with Crippen LogP contribution in [0.4, 0.5) is 0 Å². The number of hydrogen-bond donors (Lipinski definition) is 0. The van der Waals surface area contributed by atoms with Gasteiger partial charge < -0.3 is 18.8 Å². The second-order valence-corrected chi connectivity index (χ2v) is 9.15.